The van der Waals surface area contributed by atoms with E-state index in [9.17, 15) is 18.9 Å². The van der Waals surface area contributed by atoms with Crippen molar-refractivity contribution in [1.82, 2.24) is 0 Å². The monoisotopic (exact) mass is 267 g/mol. The molecule has 0 aliphatic heterocycles. The average molecular weight is 268 g/mol. The van der Waals surface area contributed by atoms with Crippen molar-refractivity contribution in [3.05, 3.63) is 33.9 Å². The molecule has 1 aromatic carbocycles. The SMILES string of the molecule is CC(CCl)Sc1c([N+](=O)[O-])ccc(F)c1F. The van der Waals surface area contributed by atoms with Gasteiger partial charge in [0.1, 0.15) is 4.90 Å². The number of alkyl halides is 1. The molecule has 0 aromatic heterocycles. The van der Waals surface area contributed by atoms with E-state index in [4.69, 9.17) is 11.6 Å². The molecule has 1 unspecified atom stereocenters. The van der Waals surface area contributed by atoms with Crippen LogP contribution in [-0.4, -0.2) is 16.1 Å². The molecule has 0 radical (unpaired) electrons. The summed E-state index contributed by atoms with van der Waals surface area (Å²) >= 11 is 6.37. The summed E-state index contributed by atoms with van der Waals surface area (Å²) in [5.74, 6) is -2.11. The van der Waals surface area contributed by atoms with E-state index < -0.39 is 22.2 Å². The molecule has 0 aliphatic rings. The van der Waals surface area contributed by atoms with Gasteiger partial charge in [0.05, 0.1) is 4.92 Å². The normalized spacial score (nSPS) is 12.5. The van der Waals surface area contributed by atoms with Crippen molar-refractivity contribution in [3.8, 4) is 0 Å². The molecule has 0 amide bonds. The molecule has 7 heteroatoms. The summed E-state index contributed by atoms with van der Waals surface area (Å²) in [7, 11) is 0. The van der Waals surface area contributed by atoms with Crippen LogP contribution in [0.3, 0.4) is 0 Å². The van der Waals surface area contributed by atoms with Gasteiger partial charge in [0, 0.05) is 17.2 Å². The second-order valence-corrected chi connectivity index (χ2v) is 4.81. The molecule has 0 saturated carbocycles. The molecule has 16 heavy (non-hydrogen) atoms. The maximum Gasteiger partial charge on any atom is 0.286 e. The minimum Gasteiger partial charge on any atom is -0.258 e. The van der Waals surface area contributed by atoms with Gasteiger partial charge in [-0.05, 0) is 6.07 Å². The molecule has 1 rings (SSSR count). The van der Waals surface area contributed by atoms with Gasteiger partial charge in [-0.25, -0.2) is 8.78 Å². The maximum absolute atomic E-state index is 13.4. The Morgan fingerprint density at radius 2 is 2.19 bits per heavy atom. The zero-order valence-electron chi connectivity index (χ0n) is 8.25. The Balaban J connectivity index is 3.21. The number of hydrogen-bond donors (Lipinski definition) is 0. The predicted octanol–water partition coefficient (Wildman–Crippen LogP) is 3.59. The molecule has 0 bridgehead atoms. The van der Waals surface area contributed by atoms with Gasteiger partial charge in [0.15, 0.2) is 11.6 Å². The third-order valence-corrected chi connectivity index (χ3v) is 3.60. The minimum atomic E-state index is -1.20. The Kier molecular flexibility index (Phi) is 4.49. The van der Waals surface area contributed by atoms with Crippen LogP contribution in [0.1, 0.15) is 6.92 Å². The highest BCUT2D eigenvalue weighted by molar-refractivity contribution is 8.00. The number of thioether (sulfide) groups is 1. The van der Waals surface area contributed by atoms with Crippen LogP contribution in [0.15, 0.2) is 17.0 Å². The Hall–Kier alpha value is -0.880. The number of halogens is 3. The van der Waals surface area contributed by atoms with Crippen LogP contribution >= 0.6 is 23.4 Å². The Labute approximate surface area is 99.9 Å². The van der Waals surface area contributed by atoms with Crippen molar-refractivity contribution in [2.45, 2.75) is 17.1 Å². The minimum absolute atomic E-state index is 0.192. The van der Waals surface area contributed by atoms with Crippen molar-refractivity contribution in [1.29, 1.82) is 0 Å². The van der Waals surface area contributed by atoms with Gasteiger partial charge in [-0.1, -0.05) is 6.92 Å². The molecule has 0 N–H and O–H groups in total. The number of hydrogen-bond acceptors (Lipinski definition) is 3. The topological polar surface area (TPSA) is 43.1 Å². The quantitative estimate of drug-likeness (QED) is 0.362. The summed E-state index contributed by atoms with van der Waals surface area (Å²) < 4.78 is 26.3. The first kappa shape index (κ1) is 13.2. The summed E-state index contributed by atoms with van der Waals surface area (Å²) in [5.41, 5.74) is -0.444. The molecule has 0 aliphatic carbocycles. The Morgan fingerprint density at radius 1 is 1.56 bits per heavy atom. The van der Waals surface area contributed by atoms with Crippen molar-refractivity contribution in [2.24, 2.45) is 0 Å². The van der Waals surface area contributed by atoms with E-state index in [1.807, 2.05) is 0 Å². The molecule has 88 valence electrons. The van der Waals surface area contributed by atoms with Crippen molar-refractivity contribution in [3.63, 3.8) is 0 Å². The van der Waals surface area contributed by atoms with Crippen LogP contribution in [0.2, 0.25) is 0 Å². The summed E-state index contributed by atoms with van der Waals surface area (Å²) in [4.78, 5) is 9.57. The molecule has 0 saturated heterocycles. The van der Waals surface area contributed by atoms with E-state index >= 15 is 0 Å². The van der Waals surface area contributed by atoms with Crippen LogP contribution in [0, 0.1) is 21.7 Å². The Bertz CT molecular complexity index is 417. The lowest BCUT2D eigenvalue weighted by Crippen LogP contribution is -2.02. The van der Waals surface area contributed by atoms with Gasteiger partial charge in [-0.2, -0.15) is 0 Å². The molecule has 0 spiro atoms. The number of nitro benzene ring substituents is 1. The van der Waals surface area contributed by atoms with Crippen LogP contribution in [0.25, 0.3) is 0 Å². The van der Waals surface area contributed by atoms with Gasteiger partial charge in [0.2, 0.25) is 0 Å². The number of nitrogens with zero attached hydrogens (tertiary/aromatic N) is 1. The first-order valence-corrected chi connectivity index (χ1v) is 5.73. The van der Waals surface area contributed by atoms with Crippen LogP contribution in [-0.2, 0) is 0 Å². The predicted molar refractivity (Wildman–Crippen MR) is 59.1 cm³/mol. The van der Waals surface area contributed by atoms with E-state index in [0.29, 0.717) is 0 Å². The summed E-state index contributed by atoms with van der Waals surface area (Å²) in [5, 5.41) is 10.4. The zero-order valence-corrected chi connectivity index (χ0v) is 9.82. The fraction of sp³-hybridized carbons (Fsp3) is 0.333. The first-order chi connectivity index (χ1) is 7.47. The first-order valence-electron chi connectivity index (χ1n) is 4.32. The number of rotatable bonds is 4. The van der Waals surface area contributed by atoms with Crippen LogP contribution in [0.5, 0.6) is 0 Å². The lowest BCUT2D eigenvalue weighted by atomic mass is 10.3. The van der Waals surface area contributed by atoms with Crippen LogP contribution in [0.4, 0.5) is 14.5 Å². The largest absolute Gasteiger partial charge is 0.286 e. The highest BCUT2D eigenvalue weighted by atomic mass is 35.5. The zero-order chi connectivity index (χ0) is 12.3. The molecule has 3 nitrogen and oxygen atoms in total. The standard InChI is InChI=1S/C9H8ClF2NO2S/c1-5(4-10)16-9-7(13(14)15)3-2-6(11)8(9)12/h2-3,5H,4H2,1H3. The fourth-order valence-electron chi connectivity index (χ4n) is 1.01. The van der Waals surface area contributed by atoms with Gasteiger partial charge in [-0.15, -0.1) is 23.4 Å². The molecular weight excluding hydrogens is 260 g/mol. The van der Waals surface area contributed by atoms with Crippen molar-refractivity contribution >= 4 is 29.1 Å². The summed E-state index contributed by atoms with van der Waals surface area (Å²) in [6.07, 6.45) is 0. The van der Waals surface area contributed by atoms with Gasteiger partial charge >= 0.3 is 0 Å². The smallest absolute Gasteiger partial charge is 0.258 e. The molecular formula is C9H8ClF2NO2S. The molecule has 0 heterocycles. The van der Waals surface area contributed by atoms with Crippen LogP contribution < -0.4 is 0 Å². The Morgan fingerprint density at radius 3 is 2.69 bits per heavy atom. The van der Waals surface area contributed by atoms with E-state index in [-0.39, 0.29) is 16.0 Å². The fourth-order valence-corrected chi connectivity index (χ4v) is 2.13. The van der Waals surface area contributed by atoms with Gasteiger partial charge < -0.3 is 0 Å². The third kappa shape index (κ3) is 2.82. The maximum atomic E-state index is 13.4. The summed E-state index contributed by atoms with van der Waals surface area (Å²) in [6, 6.07) is 1.69. The summed E-state index contributed by atoms with van der Waals surface area (Å²) in [6.45, 7) is 1.67. The molecule has 1 atom stereocenters. The average Bonchev–Trinajstić information content (AvgIpc) is 2.24. The van der Waals surface area contributed by atoms with E-state index in [2.05, 4.69) is 0 Å². The number of nitro groups is 1. The van der Waals surface area contributed by atoms with Crippen molar-refractivity contribution in [2.75, 3.05) is 5.88 Å². The van der Waals surface area contributed by atoms with Gasteiger partial charge in [-0.3, -0.25) is 10.1 Å². The third-order valence-electron chi connectivity index (χ3n) is 1.76. The highest BCUT2D eigenvalue weighted by Gasteiger charge is 2.23. The van der Waals surface area contributed by atoms with E-state index in [1.165, 1.54) is 0 Å². The highest BCUT2D eigenvalue weighted by Crippen LogP contribution is 2.35. The second-order valence-electron chi connectivity index (χ2n) is 3.05. The van der Waals surface area contributed by atoms with Crippen molar-refractivity contribution < 1.29 is 13.7 Å². The van der Waals surface area contributed by atoms with Gasteiger partial charge in [0.25, 0.3) is 5.69 Å². The second kappa shape index (κ2) is 5.45. The lowest BCUT2D eigenvalue weighted by Gasteiger charge is -2.08. The van der Waals surface area contributed by atoms with E-state index in [1.54, 1.807) is 6.92 Å². The molecule has 1 aromatic rings. The van der Waals surface area contributed by atoms with E-state index in [0.717, 1.165) is 23.9 Å². The lowest BCUT2D eigenvalue weighted by molar-refractivity contribution is -0.388. The number of benzene rings is 1. The molecule has 0 fully saturated rings.